The minimum Gasteiger partial charge on any atom is -0.204 e. The molecular formula is C62H45N4S+. The van der Waals surface area contributed by atoms with Crippen LogP contribution in [0.5, 0.6) is 0 Å². The highest BCUT2D eigenvalue weighted by molar-refractivity contribution is 7.08. The van der Waals surface area contributed by atoms with E-state index in [4.69, 9.17) is 5.53 Å². The van der Waals surface area contributed by atoms with Gasteiger partial charge in [-0.3, -0.25) is 0 Å². The molecule has 0 aliphatic heterocycles. The van der Waals surface area contributed by atoms with E-state index in [2.05, 4.69) is 226 Å². The molecule has 4 nitrogen and oxygen atoms in total. The molecule has 318 valence electrons. The zero-order chi connectivity index (χ0) is 45.8. The van der Waals surface area contributed by atoms with Crippen LogP contribution >= 0.6 is 11.3 Å². The predicted octanol–water partition coefficient (Wildman–Crippen LogP) is 15.7. The first kappa shape index (κ1) is 41.4. The monoisotopic (exact) mass is 877 g/mol. The van der Waals surface area contributed by atoms with E-state index in [-0.39, 0.29) is 0 Å². The third-order valence-corrected chi connectivity index (χ3v) is 14.6. The summed E-state index contributed by atoms with van der Waals surface area (Å²) in [7, 11) is 0. The number of fused-ring (bicyclic) bond motifs is 4. The Hall–Kier alpha value is -8.30. The van der Waals surface area contributed by atoms with Crippen molar-refractivity contribution in [2.45, 2.75) is 27.7 Å². The molecule has 0 atom stereocenters. The van der Waals surface area contributed by atoms with E-state index < -0.39 is 0 Å². The summed E-state index contributed by atoms with van der Waals surface area (Å²) < 4.78 is 2.32. The first-order valence-electron chi connectivity index (χ1n) is 22.6. The molecule has 0 unspecified atom stereocenters. The molecule has 0 aliphatic carbocycles. The van der Waals surface area contributed by atoms with Crippen LogP contribution in [0.3, 0.4) is 0 Å². The van der Waals surface area contributed by atoms with E-state index in [1.165, 1.54) is 11.1 Å². The highest BCUT2D eigenvalue weighted by Gasteiger charge is 2.27. The van der Waals surface area contributed by atoms with E-state index in [1.807, 2.05) is 6.07 Å². The van der Waals surface area contributed by atoms with Crippen LogP contribution in [0.1, 0.15) is 33.4 Å². The number of diazo groups is 1. The fourth-order valence-electron chi connectivity index (χ4n) is 10.7. The van der Waals surface area contributed by atoms with Gasteiger partial charge in [-0.2, -0.15) is 5.11 Å². The number of aryl methyl sites for hydroxylation is 4. The number of nitrogens with zero attached hydrogens (tertiary/aromatic N) is 3. The van der Waals surface area contributed by atoms with Gasteiger partial charge in [0.15, 0.2) is 4.98 Å². The van der Waals surface area contributed by atoms with Crippen molar-refractivity contribution in [1.29, 1.82) is 10.9 Å². The third-order valence-electron chi connectivity index (χ3n) is 13.4. The minimum atomic E-state index is 0.565. The summed E-state index contributed by atoms with van der Waals surface area (Å²) in [4.78, 5) is 4.11. The zero-order valence-corrected chi connectivity index (χ0v) is 38.5. The maximum absolute atomic E-state index is 11.0. The number of nitrogens with one attached hydrogen (secondary N) is 1. The van der Waals surface area contributed by atoms with Gasteiger partial charge in [0.05, 0.1) is 10.8 Å². The summed E-state index contributed by atoms with van der Waals surface area (Å²) in [6.45, 7) is 8.52. The summed E-state index contributed by atoms with van der Waals surface area (Å²) in [6, 6.07) is 68.5. The van der Waals surface area contributed by atoms with E-state index >= 15 is 0 Å². The molecule has 0 amide bonds. The van der Waals surface area contributed by atoms with Crippen LogP contribution in [-0.2, 0) is 0 Å². The van der Waals surface area contributed by atoms with Crippen LogP contribution in [0.15, 0.2) is 199 Å². The lowest BCUT2D eigenvalue weighted by Gasteiger charge is -2.18. The van der Waals surface area contributed by atoms with Crippen molar-refractivity contribution in [3.05, 3.63) is 262 Å². The van der Waals surface area contributed by atoms with Crippen molar-refractivity contribution in [3.8, 4) is 22.3 Å². The van der Waals surface area contributed by atoms with Crippen LogP contribution in [-0.4, -0.2) is 0 Å². The molecule has 0 spiro atoms. The van der Waals surface area contributed by atoms with Gasteiger partial charge in [-0.05, 0) is 162 Å². The fraction of sp³-hybridized carbons (Fsp3) is 0.0645. The normalized spacial score (nSPS) is 11.3. The van der Waals surface area contributed by atoms with E-state index in [9.17, 15) is 5.39 Å². The van der Waals surface area contributed by atoms with Crippen LogP contribution in [0.4, 0.5) is 0 Å². The van der Waals surface area contributed by atoms with E-state index in [0.29, 0.717) is 11.4 Å². The Kier molecular flexibility index (Phi) is 10.5. The zero-order valence-electron chi connectivity index (χ0n) is 37.7. The van der Waals surface area contributed by atoms with Gasteiger partial charge in [-0.25, -0.2) is 5.53 Å². The Balaban J connectivity index is 1.10. The molecule has 0 radical (unpaired) electrons. The molecule has 1 heterocycles. The molecule has 11 aromatic rings. The van der Waals surface area contributed by atoms with Crippen molar-refractivity contribution < 1.29 is 0 Å². The van der Waals surface area contributed by atoms with Gasteiger partial charge in [0.1, 0.15) is 5.70 Å². The molecule has 10 aromatic carbocycles. The second-order valence-corrected chi connectivity index (χ2v) is 18.5. The fourth-order valence-corrected chi connectivity index (χ4v) is 11.6. The highest BCUT2D eigenvalue weighted by atomic mass is 32.1. The number of thiophene rings is 1. The van der Waals surface area contributed by atoms with Gasteiger partial charge in [0.25, 0.3) is 0 Å². The largest absolute Gasteiger partial charge is 0.401 e. The molecule has 1 aromatic heterocycles. The second-order valence-electron chi connectivity index (χ2n) is 17.5. The maximum Gasteiger partial charge on any atom is 0.401 e. The highest BCUT2D eigenvalue weighted by Crippen LogP contribution is 2.43. The Labute approximate surface area is 392 Å². The molecule has 0 saturated heterocycles. The maximum atomic E-state index is 11.0. The summed E-state index contributed by atoms with van der Waals surface area (Å²) >= 11 is 1.77. The van der Waals surface area contributed by atoms with Crippen molar-refractivity contribution >= 4 is 65.8 Å². The Morgan fingerprint density at radius 3 is 1.10 bits per heavy atom. The van der Waals surface area contributed by atoms with Crippen LogP contribution in [0.25, 0.3) is 81.7 Å². The van der Waals surface area contributed by atoms with Crippen molar-refractivity contribution in [2.75, 3.05) is 0 Å². The number of benzene rings is 10. The van der Waals surface area contributed by atoms with E-state index in [0.717, 1.165) is 118 Å². The summed E-state index contributed by atoms with van der Waals surface area (Å²) in [5.74, 6) is 0. The lowest BCUT2D eigenvalue weighted by Crippen LogP contribution is -2.15. The molecule has 0 bridgehead atoms. The van der Waals surface area contributed by atoms with E-state index in [1.54, 1.807) is 11.3 Å². The van der Waals surface area contributed by atoms with Crippen LogP contribution < -0.4 is 10.4 Å². The third kappa shape index (κ3) is 6.93. The minimum absolute atomic E-state index is 0.565. The average molecular weight is 878 g/mol. The number of hydrogen-bond donors (Lipinski definition) is 1. The molecule has 11 rings (SSSR count). The molecule has 67 heavy (non-hydrogen) atoms. The van der Waals surface area contributed by atoms with Crippen molar-refractivity contribution in [2.24, 2.45) is 5.11 Å². The lowest BCUT2D eigenvalue weighted by atomic mass is 9.86. The predicted molar refractivity (Wildman–Crippen MR) is 280 cm³/mol. The first-order chi connectivity index (χ1) is 32.8. The van der Waals surface area contributed by atoms with Crippen LogP contribution in [0.2, 0.25) is 0 Å². The van der Waals surface area contributed by atoms with Gasteiger partial charge in [-0.15, -0.1) is 11.3 Å². The summed E-state index contributed by atoms with van der Waals surface area (Å²) in [6.07, 6.45) is 0. The molecule has 0 saturated carbocycles. The summed E-state index contributed by atoms with van der Waals surface area (Å²) in [5.41, 5.74) is 20.8. The number of hydrogen-bond acceptors (Lipinski definition) is 4. The molecular weight excluding hydrogens is 833 g/mol. The SMILES string of the molecule is Cc1cc(=c2ccc(=c3cc(C)c(=C([N+]#N)c4c5ccccc5c(-c5ccccc5)c5ccccc45)c(C)c3)s2)cc(C)c1=C(N=N)c1c2ccccc2c(-c2ccccc2)c2ccccc12. The van der Waals surface area contributed by atoms with Gasteiger partial charge < -0.3 is 0 Å². The van der Waals surface area contributed by atoms with Gasteiger partial charge in [0.2, 0.25) is 5.39 Å². The van der Waals surface area contributed by atoms with Crippen molar-refractivity contribution in [1.82, 2.24) is 0 Å². The van der Waals surface area contributed by atoms with Gasteiger partial charge in [0, 0.05) is 19.8 Å². The first-order valence-corrected chi connectivity index (χ1v) is 23.4. The smallest absolute Gasteiger partial charge is 0.204 e. The standard InChI is InChI=1S/C62H45N4S/c1-37-33-43(34-38(2)55(37)61(65-63)59-49-27-15-11-23-45(49)57(41-19-7-5-8-20-41)46-24-12-16-28-50(46)59)53-31-32-54(67-53)44-35-39(3)56(40(4)36-44)62(66-64)60-51-29-17-13-25-47(51)58(42-21-9-6-10-22-42)48-26-14-18-30-52(48)60/h5-36,63H,1-4H3/q+1. The molecule has 1 N–H and O–H groups in total. The Morgan fingerprint density at radius 1 is 0.418 bits per heavy atom. The number of rotatable bonds is 5. The van der Waals surface area contributed by atoms with Gasteiger partial charge >= 0.3 is 5.70 Å². The molecule has 0 fully saturated rings. The molecule has 0 aliphatic rings. The second kappa shape index (κ2) is 16.9. The van der Waals surface area contributed by atoms with Crippen LogP contribution in [0, 0.1) is 58.1 Å². The van der Waals surface area contributed by atoms with Gasteiger partial charge in [-0.1, -0.05) is 158 Å². The lowest BCUT2D eigenvalue weighted by molar-refractivity contribution is 1.14. The molecule has 5 heteroatoms. The average Bonchev–Trinajstić information content (AvgIpc) is 3.86. The topological polar surface area (TPSA) is 64.4 Å². The Morgan fingerprint density at radius 2 is 0.746 bits per heavy atom. The quantitative estimate of drug-likeness (QED) is 0.104. The van der Waals surface area contributed by atoms with Crippen molar-refractivity contribution in [3.63, 3.8) is 0 Å². The Bertz CT molecular complexity index is 4050. The summed E-state index contributed by atoms with van der Waals surface area (Å²) in [5, 5.41) is 28.3.